The van der Waals surface area contributed by atoms with E-state index < -0.39 is 0 Å². The molecule has 1 N–H and O–H groups in total. The Morgan fingerprint density at radius 3 is 2.44 bits per heavy atom. The monoisotopic (exact) mass is 214 g/mol. The summed E-state index contributed by atoms with van der Waals surface area (Å²) in [5.74, 6) is 0.0442. The molecule has 3 heteroatoms. The van der Waals surface area contributed by atoms with Gasteiger partial charge in [0.05, 0.1) is 11.6 Å². The second-order valence-electron chi connectivity index (χ2n) is 4.26. The van der Waals surface area contributed by atoms with Crippen LogP contribution in [-0.2, 0) is 11.2 Å². The first-order chi connectivity index (χ1) is 7.56. The van der Waals surface area contributed by atoms with E-state index in [0.29, 0.717) is 12.0 Å². The Morgan fingerprint density at radius 2 is 1.81 bits per heavy atom. The molecule has 1 aliphatic heterocycles. The van der Waals surface area contributed by atoms with Crippen molar-refractivity contribution in [2.24, 2.45) is 0 Å². The van der Waals surface area contributed by atoms with Crippen molar-refractivity contribution in [3.05, 3.63) is 27.8 Å². The normalized spacial score (nSPS) is 14.0. The van der Waals surface area contributed by atoms with E-state index in [4.69, 9.17) is 5.26 Å². The van der Waals surface area contributed by atoms with Crippen molar-refractivity contribution in [1.82, 2.24) is 0 Å². The fraction of sp³-hybridized carbons (Fsp3) is 0.385. The van der Waals surface area contributed by atoms with Crippen molar-refractivity contribution in [2.75, 3.05) is 5.32 Å². The second-order valence-corrected chi connectivity index (χ2v) is 4.26. The Bertz CT molecular complexity index is 520. The van der Waals surface area contributed by atoms with Gasteiger partial charge in [0.2, 0.25) is 5.91 Å². The maximum absolute atomic E-state index is 11.4. The molecule has 0 atom stereocenters. The average molecular weight is 214 g/mol. The highest BCUT2D eigenvalue weighted by atomic mass is 16.1. The molecule has 0 saturated carbocycles. The van der Waals surface area contributed by atoms with E-state index in [-0.39, 0.29) is 5.91 Å². The molecule has 0 aliphatic carbocycles. The zero-order chi connectivity index (χ0) is 11.9. The van der Waals surface area contributed by atoms with E-state index in [1.54, 1.807) is 0 Å². The smallest absolute Gasteiger partial charge is 0.224 e. The Kier molecular flexibility index (Phi) is 2.43. The highest BCUT2D eigenvalue weighted by molar-refractivity contribution is 5.95. The number of hydrogen-bond acceptors (Lipinski definition) is 2. The molecule has 1 aliphatic rings. The van der Waals surface area contributed by atoms with Crippen molar-refractivity contribution < 1.29 is 4.79 Å². The van der Waals surface area contributed by atoms with Crippen molar-refractivity contribution in [3.63, 3.8) is 0 Å². The SMILES string of the molecule is Cc1c(C)c2c(c(C)c1C#N)NC(=O)CC2. The van der Waals surface area contributed by atoms with Crippen LogP contribution in [0.1, 0.15) is 34.2 Å². The van der Waals surface area contributed by atoms with Crippen molar-refractivity contribution in [1.29, 1.82) is 5.26 Å². The number of nitrogens with zero attached hydrogens (tertiary/aromatic N) is 1. The summed E-state index contributed by atoms with van der Waals surface area (Å²) < 4.78 is 0. The fourth-order valence-electron chi connectivity index (χ4n) is 2.32. The number of anilines is 1. The van der Waals surface area contributed by atoms with Gasteiger partial charge in [-0.15, -0.1) is 0 Å². The summed E-state index contributed by atoms with van der Waals surface area (Å²) in [6.45, 7) is 5.89. The Morgan fingerprint density at radius 1 is 1.12 bits per heavy atom. The molecule has 3 nitrogen and oxygen atoms in total. The third-order valence-corrected chi connectivity index (χ3v) is 3.42. The molecule has 0 aromatic heterocycles. The van der Waals surface area contributed by atoms with Gasteiger partial charge in [-0.05, 0) is 49.4 Å². The summed E-state index contributed by atoms with van der Waals surface area (Å²) in [5, 5.41) is 12.0. The van der Waals surface area contributed by atoms with Gasteiger partial charge in [-0.25, -0.2) is 0 Å². The number of carbonyl (C=O) groups excluding carboxylic acids is 1. The molecule has 0 bridgehead atoms. The van der Waals surface area contributed by atoms with Gasteiger partial charge >= 0.3 is 0 Å². The molecule has 2 rings (SSSR count). The molecule has 0 unspecified atom stereocenters. The third kappa shape index (κ3) is 1.38. The first-order valence-electron chi connectivity index (χ1n) is 5.38. The van der Waals surface area contributed by atoms with Crippen LogP contribution in [-0.4, -0.2) is 5.91 Å². The highest BCUT2D eigenvalue weighted by Crippen LogP contribution is 2.34. The van der Waals surface area contributed by atoms with Crippen LogP contribution in [0.15, 0.2) is 0 Å². The van der Waals surface area contributed by atoms with Crippen molar-refractivity contribution >= 4 is 11.6 Å². The van der Waals surface area contributed by atoms with Crippen LogP contribution in [0.4, 0.5) is 5.69 Å². The lowest BCUT2D eigenvalue weighted by molar-refractivity contribution is -0.116. The topological polar surface area (TPSA) is 52.9 Å². The van der Waals surface area contributed by atoms with Gasteiger partial charge in [0.1, 0.15) is 0 Å². The van der Waals surface area contributed by atoms with Gasteiger partial charge < -0.3 is 5.32 Å². The summed E-state index contributed by atoms with van der Waals surface area (Å²) in [6.07, 6.45) is 1.32. The predicted octanol–water partition coefficient (Wildman–Crippen LogP) is 2.37. The number of carbonyl (C=O) groups is 1. The van der Waals surface area contributed by atoms with Gasteiger partial charge in [-0.1, -0.05) is 0 Å². The number of rotatable bonds is 0. The van der Waals surface area contributed by atoms with Crippen LogP contribution in [0.2, 0.25) is 0 Å². The summed E-state index contributed by atoms with van der Waals surface area (Å²) in [6, 6.07) is 2.22. The molecular weight excluding hydrogens is 200 g/mol. The molecule has 1 aromatic rings. The molecule has 0 radical (unpaired) electrons. The molecule has 82 valence electrons. The maximum Gasteiger partial charge on any atom is 0.224 e. The number of nitriles is 1. The van der Waals surface area contributed by atoms with Gasteiger partial charge in [0.15, 0.2) is 0 Å². The molecule has 0 saturated heterocycles. The summed E-state index contributed by atoms with van der Waals surface area (Å²) in [7, 11) is 0. The van der Waals surface area contributed by atoms with Crippen LogP contribution < -0.4 is 5.32 Å². The summed E-state index contributed by atoms with van der Waals surface area (Å²) >= 11 is 0. The van der Waals surface area contributed by atoms with Crippen molar-refractivity contribution in [3.8, 4) is 6.07 Å². The minimum Gasteiger partial charge on any atom is -0.326 e. The first-order valence-corrected chi connectivity index (χ1v) is 5.38. The van der Waals surface area contributed by atoms with Gasteiger partial charge in [0.25, 0.3) is 0 Å². The zero-order valence-corrected chi connectivity index (χ0v) is 9.77. The lowest BCUT2D eigenvalue weighted by Gasteiger charge is -2.23. The minimum absolute atomic E-state index is 0.0442. The highest BCUT2D eigenvalue weighted by Gasteiger charge is 2.22. The van der Waals surface area contributed by atoms with Gasteiger partial charge in [-0.2, -0.15) is 5.26 Å². The molecule has 1 heterocycles. The number of amides is 1. The average Bonchev–Trinajstić information content (AvgIpc) is 2.27. The van der Waals surface area contributed by atoms with Crippen LogP contribution in [0.25, 0.3) is 0 Å². The predicted molar refractivity (Wildman–Crippen MR) is 62.3 cm³/mol. The number of hydrogen-bond donors (Lipinski definition) is 1. The quantitative estimate of drug-likeness (QED) is 0.720. The molecule has 1 amide bonds. The Balaban J connectivity index is 2.76. The standard InChI is InChI=1S/C13H14N2O/c1-7-8(2)11(6-14)9(3)13-10(7)4-5-12(16)15-13/h4-5H2,1-3H3,(H,15,16). The van der Waals surface area contributed by atoms with Crippen LogP contribution in [0.3, 0.4) is 0 Å². The van der Waals surface area contributed by atoms with Gasteiger partial charge in [-0.3, -0.25) is 4.79 Å². The third-order valence-electron chi connectivity index (χ3n) is 3.42. The van der Waals surface area contributed by atoms with Crippen LogP contribution >= 0.6 is 0 Å². The zero-order valence-electron chi connectivity index (χ0n) is 9.77. The Labute approximate surface area is 95.1 Å². The molecule has 0 fully saturated rings. The number of fused-ring (bicyclic) bond motifs is 1. The van der Waals surface area contributed by atoms with Crippen LogP contribution in [0.5, 0.6) is 0 Å². The molecule has 1 aromatic carbocycles. The van der Waals surface area contributed by atoms with Gasteiger partial charge in [0, 0.05) is 12.1 Å². The van der Waals surface area contributed by atoms with E-state index in [0.717, 1.165) is 28.8 Å². The lowest BCUT2D eigenvalue weighted by Crippen LogP contribution is -2.21. The largest absolute Gasteiger partial charge is 0.326 e. The molecular formula is C13H14N2O. The minimum atomic E-state index is 0.0442. The van der Waals surface area contributed by atoms with Crippen molar-refractivity contribution in [2.45, 2.75) is 33.6 Å². The summed E-state index contributed by atoms with van der Waals surface area (Å²) in [4.78, 5) is 11.4. The molecule has 16 heavy (non-hydrogen) atoms. The van der Waals surface area contributed by atoms with E-state index in [2.05, 4.69) is 11.4 Å². The molecule has 0 spiro atoms. The van der Waals surface area contributed by atoms with E-state index in [1.807, 2.05) is 20.8 Å². The number of nitrogens with one attached hydrogen (secondary N) is 1. The summed E-state index contributed by atoms with van der Waals surface area (Å²) in [5.41, 5.74) is 5.81. The van der Waals surface area contributed by atoms with Crippen LogP contribution in [0, 0.1) is 32.1 Å². The van der Waals surface area contributed by atoms with E-state index in [1.165, 1.54) is 5.56 Å². The number of benzene rings is 1. The second kappa shape index (κ2) is 3.64. The first kappa shape index (κ1) is 10.7. The van der Waals surface area contributed by atoms with E-state index in [9.17, 15) is 4.79 Å². The Hall–Kier alpha value is -1.82. The maximum atomic E-state index is 11.4. The fourth-order valence-corrected chi connectivity index (χ4v) is 2.32. The van der Waals surface area contributed by atoms with E-state index >= 15 is 0 Å². The lowest BCUT2D eigenvalue weighted by atomic mass is 9.88.